The predicted molar refractivity (Wildman–Crippen MR) is 82.4 cm³/mol. The minimum Gasteiger partial charge on any atom is -0.342 e. The molecule has 0 bridgehead atoms. The molecule has 1 N–H and O–H groups in total. The third-order valence-corrected chi connectivity index (χ3v) is 4.97. The van der Waals surface area contributed by atoms with Crippen molar-refractivity contribution in [3.8, 4) is 0 Å². The van der Waals surface area contributed by atoms with Crippen molar-refractivity contribution in [2.45, 2.75) is 46.3 Å². The summed E-state index contributed by atoms with van der Waals surface area (Å²) >= 11 is 3.51. The first kappa shape index (κ1) is 16.0. The van der Waals surface area contributed by atoms with Gasteiger partial charge in [-0.25, -0.2) is 0 Å². The van der Waals surface area contributed by atoms with Crippen LogP contribution >= 0.6 is 15.9 Å². The van der Waals surface area contributed by atoms with E-state index in [0.29, 0.717) is 6.54 Å². The van der Waals surface area contributed by atoms with Gasteiger partial charge in [0.2, 0.25) is 11.8 Å². The number of rotatable bonds is 3. The van der Waals surface area contributed by atoms with E-state index in [1.165, 1.54) is 0 Å². The molecule has 6 nitrogen and oxygen atoms in total. The van der Waals surface area contributed by atoms with Gasteiger partial charge in [-0.05, 0) is 35.7 Å². The van der Waals surface area contributed by atoms with Crippen LogP contribution in [0.5, 0.6) is 0 Å². The largest absolute Gasteiger partial charge is 0.342 e. The molecule has 2 heterocycles. The Morgan fingerprint density at radius 1 is 1.38 bits per heavy atom. The second-order valence-corrected chi connectivity index (χ2v) is 6.64. The summed E-state index contributed by atoms with van der Waals surface area (Å²) in [4.78, 5) is 26.3. The Kier molecular flexibility index (Phi) is 4.41. The average molecular weight is 357 g/mol. The summed E-state index contributed by atoms with van der Waals surface area (Å²) in [6, 6.07) is -0.934. The van der Waals surface area contributed by atoms with E-state index in [0.717, 1.165) is 15.9 Å². The molecule has 0 spiro atoms. The van der Waals surface area contributed by atoms with Crippen molar-refractivity contribution in [1.29, 1.82) is 0 Å². The molecule has 1 saturated heterocycles. The number of carbonyl (C=O) groups is 2. The Morgan fingerprint density at radius 2 is 2.00 bits per heavy atom. The summed E-state index contributed by atoms with van der Waals surface area (Å²) in [6.45, 7) is 7.89. The Hall–Kier alpha value is -1.37. The van der Waals surface area contributed by atoms with Gasteiger partial charge in [0.15, 0.2) is 0 Å². The fourth-order valence-corrected chi connectivity index (χ4v) is 2.99. The molecule has 1 fully saturated rings. The van der Waals surface area contributed by atoms with Gasteiger partial charge < -0.3 is 10.2 Å². The van der Waals surface area contributed by atoms with Gasteiger partial charge in [-0.15, -0.1) is 0 Å². The first-order valence-corrected chi connectivity index (χ1v) is 7.82. The van der Waals surface area contributed by atoms with Gasteiger partial charge in [-0.2, -0.15) is 5.10 Å². The van der Waals surface area contributed by atoms with Crippen LogP contribution in [0, 0.1) is 12.8 Å². The number of aromatic nitrogens is 2. The van der Waals surface area contributed by atoms with Crippen LogP contribution in [0.2, 0.25) is 0 Å². The second kappa shape index (κ2) is 5.79. The fourth-order valence-electron chi connectivity index (χ4n) is 2.53. The molecule has 2 atom stereocenters. The summed E-state index contributed by atoms with van der Waals surface area (Å²) in [7, 11) is 1.84. The SMILES string of the molecule is Cc1nn(C)c(CN2C(=O)C(C(C)C)NC(=O)C2C)c1Br. The number of aryl methyl sites for hydroxylation is 2. The van der Waals surface area contributed by atoms with Gasteiger partial charge in [0.25, 0.3) is 0 Å². The van der Waals surface area contributed by atoms with Crippen LogP contribution in [0.4, 0.5) is 0 Å². The lowest BCUT2D eigenvalue weighted by molar-refractivity contribution is -0.150. The van der Waals surface area contributed by atoms with Crippen molar-refractivity contribution < 1.29 is 9.59 Å². The Bertz CT molecular complexity index is 582. The molecule has 1 aliphatic rings. The van der Waals surface area contributed by atoms with Crippen molar-refractivity contribution >= 4 is 27.7 Å². The van der Waals surface area contributed by atoms with E-state index in [4.69, 9.17) is 0 Å². The molecule has 1 aromatic rings. The van der Waals surface area contributed by atoms with Crippen LogP contribution in [0.25, 0.3) is 0 Å². The van der Waals surface area contributed by atoms with Gasteiger partial charge >= 0.3 is 0 Å². The van der Waals surface area contributed by atoms with E-state index in [9.17, 15) is 9.59 Å². The summed E-state index contributed by atoms with van der Waals surface area (Å²) in [6.07, 6.45) is 0. The maximum Gasteiger partial charge on any atom is 0.246 e. The summed E-state index contributed by atoms with van der Waals surface area (Å²) < 4.78 is 2.63. The fraction of sp³-hybridized carbons (Fsp3) is 0.643. The molecule has 0 aliphatic carbocycles. The highest BCUT2D eigenvalue weighted by Crippen LogP contribution is 2.24. The maximum atomic E-state index is 12.6. The number of carbonyl (C=O) groups excluding carboxylic acids is 2. The molecule has 2 amide bonds. The van der Waals surface area contributed by atoms with Crippen LogP contribution in [0.3, 0.4) is 0 Å². The second-order valence-electron chi connectivity index (χ2n) is 5.84. The molecule has 116 valence electrons. The van der Waals surface area contributed by atoms with Crippen molar-refractivity contribution in [3.63, 3.8) is 0 Å². The maximum absolute atomic E-state index is 12.6. The highest BCUT2D eigenvalue weighted by molar-refractivity contribution is 9.10. The van der Waals surface area contributed by atoms with E-state index in [1.54, 1.807) is 16.5 Å². The van der Waals surface area contributed by atoms with Crippen molar-refractivity contribution in [1.82, 2.24) is 20.0 Å². The summed E-state index contributed by atoms with van der Waals surface area (Å²) in [5.74, 6) is -0.0840. The van der Waals surface area contributed by atoms with Crippen LogP contribution in [0.1, 0.15) is 32.2 Å². The zero-order valence-corrected chi connectivity index (χ0v) is 14.6. The van der Waals surface area contributed by atoms with Crippen LogP contribution < -0.4 is 5.32 Å². The van der Waals surface area contributed by atoms with Crippen LogP contribution in [0.15, 0.2) is 4.47 Å². The molecular weight excluding hydrogens is 336 g/mol. The van der Waals surface area contributed by atoms with Gasteiger partial charge in [-0.1, -0.05) is 13.8 Å². The third-order valence-electron chi connectivity index (χ3n) is 3.94. The van der Waals surface area contributed by atoms with Crippen molar-refractivity contribution in [2.24, 2.45) is 13.0 Å². The molecule has 1 aromatic heterocycles. The molecule has 2 rings (SSSR count). The lowest BCUT2D eigenvalue weighted by atomic mass is 9.98. The smallest absolute Gasteiger partial charge is 0.246 e. The Balaban J connectivity index is 2.31. The number of nitrogens with one attached hydrogen (secondary N) is 1. The number of hydrogen-bond donors (Lipinski definition) is 1. The predicted octanol–water partition coefficient (Wildman–Crippen LogP) is 1.36. The zero-order chi connectivity index (χ0) is 15.9. The number of halogens is 1. The minimum absolute atomic E-state index is 0.0390. The topological polar surface area (TPSA) is 67.2 Å². The first-order chi connectivity index (χ1) is 9.73. The number of nitrogens with zero attached hydrogens (tertiary/aromatic N) is 3. The zero-order valence-electron chi connectivity index (χ0n) is 13.0. The summed E-state index contributed by atoms with van der Waals surface area (Å²) in [5.41, 5.74) is 1.76. The average Bonchev–Trinajstić information content (AvgIpc) is 2.64. The minimum atomic E-state index is -0.477. The van der Waals surface area contributed by atoms with Gasteiger partial charge in [0.05, 0.1) is 22.4 Å². The van der Waals surface area contributed by atoms with E-state index in [-0.39, 0.29) is 17.7 Å². The number of piperazine rings is 1. The quantitative estimate of drug-likeness (QED) is 0.888. The highest BCUT2D eigenvalue weighted by Gasteiger charge is 2.39. The molecule has 0 saturated carbocycles. The van der Waals surface area contributed by atoms with Gasteiger partial charge in [0, 0.05) is 7.05 Å². The molecule has 7 heteroatoms. The molecule has 1 aliphatic heterocycles. The molecule has 0 radical (unpaired) electrons. The van der Waals surface area contributed by atoms with E-state index < -0.39 is 12.1 Å². The Labute approximate surface area is 133 Å². The van der Waals surface area contributed by atoms with Gasteiger partial charge in [0.1, 0.15) is 12.1 Å². The van der Waals surface area contributed by atoms with E-state index in [1.807, 2.05) is 27.8 Å². The van der Waals surface area contributed by atoms with Crippen molar-refractivity contribution in [3.05, 3.63) is 15.9 Å². The van der Waals surface area contributed by atoms with E-state index >= 15 is 0 Å². The summed E-state index contributed by atoms with van der Waals surface area (Å²) in [5, 5.41) is 7.13. The van der Waals surface area contributed by atoms with Crippen molar-refractivity contribution in [2.75, 3.05) is 0 Å². The lowest BCUT2D eigenvalue weighted by Crippen LogP contribution is -2.63. The van der Waals surface area contributed by atoms with Gasteiger partial charge in [-0.3, -0.25) is 14.3 Å². The molecular formula is C14H21BrN4O2. The monoisotopic (exact) mass is 356 g/mol. The molecule has 0 aromatic carbocycles. The number of amides is 2. The molecule has 2 unspecified atom stereocenters. The Morgan fingerprint density at radius 3 is 2.48 bits per heavy atom. The van der Waals surface area contributed by atoms with Crippen LogP contribution in [-0.4, -0.2) is 38.6 Å². The third kappa shape index (κ3) is 2.84. The number of hydrogen-bond acceptors (Lipinski definition) is 3. The highest BCUT2D eigenvalue weighted by atomic mass is 79.9. The standard InChI is InChI=1S/C14H21BrN4O2/c1-7(2)12-14(21)19(9(4)13(20)16-12)6-10-11(15)8(3)17-18(10)5/h7,9,12H,6H2,1-5H3,(H,16,20). The first-order valence-electron chi connectivity index (χ1n) is 7.02. The van der Waals surface area contributed by atoms with E-state index in [2.05, 4.69) is 26.3 Å². The van der Waals surface area contributed by atoms with Crippen LogP contribution in [-0.2, 0) is 23.2 Å². The lowest BCUT2D eigenvalue weighted by Gasteiger charge is -2.38. The normalized spacial score (nSPS) is 22.9. The molecule has 21 heavy (non-hydrogen) atoms.